The molecule has 0 radical (unpaired) electrons. The summed E-state index contributed by atoms with van der Waals surface area (Å²) in [6.45, 7) is 4.39. The van der Waals surface area contributed by atoms with E-state index in [-0.39, 0.29) is 24.8 Å². The molecule has 2 fully saturated rings. The van der Waals surface area contributed by atoms with Crippen LogP contribution in [0.3, 0.4) is 0 Å². The molecule has 0 aromatic carbocycles. The summed E-state index contributed by atoms with van der Waals surface area (Å²) >= 11 is 0. The van der Waals surface area contributed by atoms with Gasteiger partial charge < -0.3 is 10.6 Å². The van der Waals surface area contributed by atoms with Crippen LogP contribution < -0.4 is 10.6 Å². The fourth-order valence-corrected chi connectivity index (χ4v) is 3.94. The van der Waals surface area contributed by atoms with E-state index in [2.05, 4.69) is 25.9 Å². The van der Waals surface area contributed by atoms with Gasteiger partial charge in [0.15, 0.2) is 0 Å². The fraction of sp³-hybridized carbons (Fsp3) is 0.562. The van der Waals surface area contributed by atoms with Crippen LogP contribution in [0.1, 0.15) is 18.4 Å². The summed E-state index contributed by atoms with van der Waals surface area (Å²) < 4.78 is 1.84. The van der Waals surface area contributed by atoms with Gasteiger partial charge in [0.05, 0.1) is 11.9 Å². The van der Waals surface area contributed by atoms with Crippen molar-refractivity contribution in [3.8, 4) is 11.4 Å². The maximum atomic E-state index is 4.37. The predicted octanol–water partition coefficient (Wildman–Crippen LogP) is 2.44. The molecule has 8 heteroatoms. The van der Waals surface area contributed by atoms with Gasteiger partial charge in [-0.25, -0.2) is 0 Å². The van der Waals surface area contributed by atoms with Gasteiger partial charge in [-0.15, -0.1) is 35.0 Å². The van der Waals surface area contributed by atoms with Gasteiger partial charge in [-0.1, -0.05) is 0 Å². The van der Waals surface area contributed by atoms with Crippen molar-refractivity contribution in [2.75, 3.05) is 18.4 Å². The van der Waals surface area contributed by atoms with Crippen molar-refractivity contribution in [3.63, 3.8) is 0 Å². The molecule has 0 spiro atoms. The monoisotopic (exact) mass is 370 g/mol. The van der Waals surface area contributed by atoms with Crippen molar-refractivity contribution in [2.24, 2.45) is 18.9 Å². The van der Waals surface area contributed by atoms with E-state index in [1.807, 2.05) is 37.0 Å². The highest BCUT2D eigenvalue weighted by molar-refractivity contribution is 5.85. The normalized spacial score (nSPS) is 24.8. The van der Waals surface area contributed by atoms with E-state index in [0.29, 0.717) is 6.04 Å². The average molecular weight is 371 g/mol. The largest absolute Gasteiger partial charge is 0.366 e. The maximum Gasteiger partial charge on any atom is 0.148 e. The van der Waals surface area contributed by atoms with Crippen molar-refractivity contribution in [2.45, 2.75) is 25.8 Å². The Kier molecular flexibility index (Phi) is 6.06. The van der Waals surface area contributed by atoms with Gasteiger partial charge in [0, 0.05) is 13.1 Å². The molecule has 1 saturated heterocycles. The molecule has 24 heavy (non-hydrogen) atoms. The third-order valence-corrected chi connectivity index (χ3v) is 5.04. The first-order chi connectivity index (χ1) is 10.7. The lowest BCUT2D eigenvalue weighted by molar-refractivity contribution is 0.494. The molecule has 1 aliphatic heterocycles. The van der Waals surface area contributed by atoms with Gasteiger partial charge in [-0.3, -0.25) is 4.68 Å². The number of hydrogen-bond donors (Lipinski definition) is 2. The smallest absolute Gasteiger partial charge is 0.148 e. The van der Waals surface area contributed by atoms with Crippen LogP contribution in [-0.4, -0.2) is 39.1 Å². The van der Waals surface area contributed by atoms with E-state index in [0.717, 1.165) is 34.6 Å². The summed E-state index contributed by atoms with van der Waals surface area (Å²) in [7, 11) is 1.93. The first kappa shape index (κ1) is 19.0. The summed E-state index contributed by atoms with van der Waals surface area (Å²) in [5.41, 5.74) is 3.02. The summed E-state index contributed by atoms with van der Waals surface area (Å²) in [5.74, 6) is 2.55. The summed E-state index contributed by atoms with van der Waals surface area (Å²) in [6.07, 6.45) is 4.33. The molecule has 132 valence electrons. The van der Waals surface area contributed by atoms with Crippen molar-refractivity contribution in [1.82, 2.24) is 25.3 Å². The third kappa shape index (κ3) is 3.50. The van der Waals surface area contributed by atoms with Gasteiger partial charge in [-0.2, -0.15) is 5.10 Å². The van der Waals surface area contributed by atoms with E-state index in [9.17, 15) is 0 Å². The van der Waals surface area contributed by atoms with E-state index in [4.69, 9.17) is 0 Å². The van der Waals surface area contributed by atoms with Crippen LogP contribution in [0.4, 0.5) is 5.82 Å². The first-order valence-corrected chi connectivity index (χ1v) is 8.00. The molecule has 1 saturated carbocycles. The topological polar surface area (TPSA) is 67.7 Å². The molecule has 4 rings (SSSR count). The zero-order valence-corrected chi connectivity index (χ0v) is 15.5. The van der Waals surface area contributed by atoms with E-state index >= 15 is 0 Å². The standard InChI is InChI=1S/C16H22N6.2ClH/c1-10-7-18-22(2)16(10)14-3-4-15(21-20-14)19-13-5-11-8-17-9-12(11)6-13;;/h3-4,7,11-13,17H,5-6,8-9H2,1-2H3,(H,19,21);2*1H/t11-,12+,13+;;. The highest BCUT2D eigenvalue weighted by Gasteiger charge is 2.37. The maximum absolute atomic E-state index is 4.37. The molecule has 2 N–H and O–H groups in total. The average Bonchev–Trinajstić information content (AvgIpc) is 3.16. The summed E-state index contributed by atoms with van der Waals surface area (Å²) in [6, 6.07) is 4.59. The Morgan fingerprint density at radius 1 is 1.12 bits per heavy atom. The fourth-order valence-electron chi connectivity index (χ4n) is 3.94. The van der Waals surface area contributed by atoms with Crippen molar-refractivity contribution >= 4 is 30.6 Å². The lowest BCUT2D eigenvalue weighted by atomic mass is 10.0. The zero-order chi connectivity index (χ0) is 15.1. The Bertz CT molecular complexity index is 640. The third-order valence-electron chi connectivity index (χ3n) is 5.04. The molecule has 0 bridgehead atoms. The lowest BCUT2D eigenvalue weighted by Gasteiger charge is -2.14. The Morgan fingerprint density at radius 3 is 2.38 bits per heavy atom. The van der Waals surface area contributed by atoms with E-state index < -0.39 is 0 Å². The van der Waals surface area contributed by atoms with Crippen LogP contribution in [0.25, 0.3) is 11.4 Å². The Balaban J connectivity index is 0.00000104. The van der Waals surface area contributed by atoms with Crippen LogP contribution in [0.15, 0.2) is 18.3 Å². The molecular weight excluding hydrogens is 347 g/mol. The predicted molar refractivity (Wildman–Crippen MR) is 100.0 cm³/mol. The van der Waals surface area contributed by atoms with Gasteiger partial charge in [-0.05, 0) is 62.4 Å². The molecular formula is C16H24Cl2N6. The lowest BCUT2D eigenvalue weighted by Crippen LogP contribution is -2.21. The highest BCUT2D eigenvalue weighted by Crippen LogP contribution is 2.35. The van der Waals surface area contributed by atoms with Crippen LogP contribution >= 0.6 is 24.8 Å². The van der Waals surface area contributed by atoms with Gasteiger partial charge in [0.1, 0.15) is 11.5 Å². The number of hydrogen-bond acceptors (Lipinski definition) is 5. The molecule has 3 heterocycles. The minimum atomic E-state index is 0. The van der Waals surface area contributed by atoms with Gasteiger partial charge in [0.2, 0.25) is 0 Å². The zero-order valence-electron chi connectivity index (χ0n) is 13.9. The van der Waals surface area contributed by atoms with Crippen LogP contribution in [0.5, 0.6) is 0 Å². The van der Waals surface area contributed by atoms with E-state index in [1.54, 1.807) is 0 Å². The molecule has 3 atom stereocenters. The molecule has 2 aromatic heterocycles. The quantitative estimate of drug-likeness (QED) is 0.868. The number of anilines is 1. The Labute approximate surface area is 154 Å². The number of halogens is 2. The molecule has 0 amide bonds. The second kappa shape index (κ2) is 7.68. The molecule has 6 nitrogen and oxygen atoms in total. The minimum Gasteiger partial charge on any atom is -0.366 e. The van der Waals surface area contributed by atoms with Crippen LogP contribution in [0.2, 0.25) is 0 Å². The SMILES string of the molecule is Cc1cnn(C)c1-c1ccc(N[C@@H]2C[C@H]3CNC[C@H]3C2)nn1.Cl.Cl. The second-order valence-corrected chi connectivity index (χ2v) is 6.59. The molecule has 2 aliphatic rings. The number of nitrogens with zero attached hydrogens (tertiary/aromatic N) is 4. The second-order valence-electron chi connectivity index (χ2n) is 6.59. The van der Waals surface area contributed by atoms with Crippen molar-refractivity contribution in [1.29, 1.82) is 0 Å². The molecule has 2 aromatic rings. The van der Waals surface area contributed by atoms with Crippen molar-refractivity contribution < 1.29 is 0 Å². The Morgan fingerprint density at radius 2 is 1.83 bits per heavy atom. The summed E-state index contributed by atoms with van der Waals surface area (Å²) in [4.78, 5) is 0. The molecule has 0 unspecified atom stereocenters. The molecule has 1 aliphatic carbocycles. The van der Waals surface area contributed by atoms with Gasteiger partial charge >= 0.3 is 0 Å². The number of rotatable bonds is 3. The number of fused-ring (bicyclic) bond motifs is 1. The van der Waals surface area contributed by atoms with Crippen LogP contribution in [-0.2, 0) is 7.05 Å². The minimum absolute atomic E-state index is 0. The number of aryl methyl sites for hydroxylation is 2. The van der Waals surface area contributed by atoms with E-state index in [1.165, 1.54) is 25.9 Å². The van der Waals surface area contributed by atoms with Crippen LogP contribution in [0, 0.1) is 18.8 Å². The van der Waals surface area contributed by atoms with Crippen molar-refractivity contribution in [3.05, 3.63) is 23.9 Å². The van der Waals surface area contributed by atoms with Gasteiger partial charge in [0.25, 0.3) is 0 Å². The number of nitrogens with one attached hydrogen (secondary N) is 2. The highest BCUT2D eigenvalue weighted by atomic mass is 35.5. The summed E-state index contributed by atoms with van der Waals surface area (Å²) in [5, 5.41) is 20.0. The Hall–Kier alpha value is -1.37. The number of aromatic nitrogens is 4. The first-order valence-electron chi connectivity index (χ1n) is 8.00.